The minimum Gasteiger partial charge on any atom is -0.506 e. The van der Waals surface area contributed by atoms with Gasteiger partial charge in [0.2, 0.25) is 0 Å². The molecule has 0 atom stereocenters. The lowest BCUT2D eigenvalue weighted by atomic mass is 10.0. The third-order valence-electron chi connectivity index (χ3n) is 5.33. The van der Waals surface area contributed by atoms with Crippen LogP contribution in [0.4, 0.5) is 5.69 Å². The molecule has 1 fully saturated rings. The lowest BCUT2D eigenvalue weighted by Crippen LogP contribution is -2.46. The molecular weight excluding hydrogens is 364 g/mol. The molecule has 4 rings (SSSR count). The summed E-state index contributed by atoms with van der Waals surface area (Å²) in [6.45, 7) is 4.26. The molecule has 3 N–H and O–H groups in total. The third-order valence-corrected chi connectivity index (χ3v) is 5.33. The Bertz CT molecular complexity index is 1010. The van der Waals surface area contributed by atoms with Gasteiger partial charge >= 0.3 is 0 Å². The number of hydrogen-bond acceptors (Lipinski definition) is 5. The zero-order valence-electron chi connectivity index (χ0n) is 16.2. The summed E-state index contributed by atoms with van der Waals surface area (Å²) in [6.07, 6.45) is 3.21. The molecule has 29 heavy (non-hydrogen) atoms. The number of carbonyl (C=O) groups excluding carboxylic acids is 1. The van der Waals surface area contributed by atoms with Crippen LogP contribution >= 0.6 is 0 Å². The summed E-state index contributed by atoms with van der Waals surface area (Å²) >= 11 is 0. The minimum absolute atomic E-state index is 0.166. The van der Waals surface area contributed by atoms with E-state index in [1.54, 1.807) is 18.3 Å². The topological polar surface area (TPSA) is 82.7 Å². The van der Waals surface area contributed by atoms with Gasteiger partial charge in [-0.3, -0.25) is 14.7 Å². The molecule has 2 aromatic carbocycles. The second-order valence-electron chi connectivity index (χ2n) is 7.23. The van der Waals surface area contributed by atoms with E-state index in [0.717, 1.165) is 49.5 Å². The fraction of sp³-hybridized carbons (Fsp3) is 0.217. The van der Waals surface area contributed by atoms with Crippen molar-refractivity contribution in [3.63, 3.8) is 0 Å². The van der Waals surface area contributed by atoms with E-state index in [-0.39, 0.29) is 5.75 Å². The number of piperazine rings is 1. The van der Waals surface area contributed by atoms with Gasteiger partial charge < -0.3 is 15.7 Å². The molecule has 6 heteroatoms. The summed E-state index contributed by atoms with van der Waals surface area (Å²) in [5.41, 5.74) is 10.2. The van der Waals surface area contributed by atoms with Gasteiger partial charge in [-0.05, 0) is 29.3 Å². The number of aromatic hydroxyl groups is 1. The number of benzene rings is 2. The third kappa shape index (κ3) is 4.22. The van der Waals surface area contributed by atoms with Crippen LogP contribution < -0.4 is 10.6 Å². The number of nitrogens with zero attached hydrogens (tertiary/aromatic N) is 3. The number of pyridine rings is 1. The quantitative estimate of drug-likeness (QED) is 0.702. The van der Waals surface area contributed by atoms with E-state index in [1.165, 1.54) is 11.8 Å². The first kappa shape index (κ1) is 19.0. The number of hydrogen-bond donors (Lipinski definition) is 2. The predicted octanol–water partition coefficient (Wildman–Crippen LogP) is 2.88. The van der Waals surface area contributed by atoms with Crippen molar-refractivity contribution in [3.05, 3.63) is 78.1 Å². The van der Waals surface area contributed by atoms with Crippen LogP contribution in [0.2, 0.25) is 0 Å². The van der Waals surface area contributed by atoms with Crippen LogP contribution in [-0.4, -0.2) is 47.1 Å². The smallest absolute Gasteiger partial charge is 0.250 e. The van der Waals surface area contributed by atoms with Gasteiger partial charge in [0.05, 0.1) is 11.8 Å². The van der Waals surface area contributed by atoms with Gasteiger partial charge in [0, 0.05) is 50.2 Å². The molecule has 1 aliphatic heterocycles. The molecule has 0 saturated carbocycles. The predicted molar refractivity (Wildman–Crippen MR) is 114 cm³/mol. The van der Waals surface area contributed by atoms with Gasteiger partial charge in [-0.15, -0.1) is 0 Å². The largest absolute Gasteiger partial charge is 0.506 e. The summed E-state index contributed by atoms with van der Waals surface area (Å²) < 4.78 is 0. The number of anilines is 1. The van der Waals surface area contributed by atoms with Crippen molar-refractivity contribution in [3.8, 4) is 16.9 Å². The van der Waals surface area contributed by atoms with Crippen molar-refractivity contribution < 1.29 is 9.90 Å². The molecular formula is C23H24N4O2. The number of amides is 1. The average Bonchev–Trinajstić information content (AvgIpc) is 2.75. The van der Waals surface area contributed by atoms with Crippen molar-refractivity contribution in [2.24, 2.45) is 5.73 Å². The van der Waals surface area contributed by atoms with Gasteiger partial charge in [0.25, 0.3) is 5.91 Å². The highest BCUT2D eigenvalue weighted by Gasteiger charge is 2.21. The number of primary amides is 1. The highest BCUT2D eigenvalue weighted by molar-refractivity contribution is 5.98. The van der Waals surface area contributed by atoms with Crippen molar-refractivity contribution in [2.45, 2.75) is 6.54 Å². The first-order valence-corrected chi connectivity index (χ1v) is 9.70. The number of nitrogens with two attached hydrogens (primary N) is 1. The van der Waals surface area contributed by atoms with Crippen LogP contribution in [0.5, 0.6) is 5.75 Å². The summed E-state index contributed by atoms with van der Waals surface area (Å²) in [7, 11) is 0. The molecule has 1 amide bonds. The first-order chi connectivity index (χ1) is 14.1. The Morgan fingerprint density at radius 2 is 1.72 bits per heavy atom. The molecule has 1 aliphatic rings. The van der Waals surface area contributed by atoms with Crippen LogP contribution in [0.15, 0.2) is 67.0 Å². The van der Waals surface area contributed by atoms with E-state index in [4.69, 9.17) is 5.73 Å². The number of aromatic nitrogens is 1. The fourth-order valence-electron chi connectivity index (χ4n) is 3.86. The molecule has 148 valence electrons. The summed E-state index contributed by atoms with van der Waals surface area (Å²) in [6, 6.07) is 17.5. The minimum atomic E-state index is -0.392. The monoisotopic (exact) mass is 388 g/mol. The SMILES string of the molecule is NC(=O)c1ccccc1N1CCN(Cc2ccccc2-c2cncc(O)c2)CC1. The van der Waals surface area contributed by atoms with Gasteiger partial charge in [-0.2, -0.15) is 0 Å². The first-order valence-electron chi connectivity index (χ1n) is 9.70. The molecule has 0 aliphatic carbocycles. The summed E-state index contributed by atoms with van der Waals surface area (Å²) in [5.74, 6) is -0.226. The molecule has 6 nitrogen and oxygen atoms in total. The summed E-state index contributed by atoms with van der Waals surface area (Å²) in [5, 5.41) is 9.77. The Morgan fingerprint density at radius 1 is 1.00 bits per heavy atom. The maximum Gasteiger partial charge on any atom is 0.250 e. The normalized spacial score (nSPS) is 14.7. The average molecular weight is 388 g/mol. The van der Waals surface area contributed by atoms with E-state index >= 15 is 0 Å². The van der Waals surface area contributed by atoms with Gasteiger partial charge in [-0.1, -0.05) is 36.4 Å². The zero-order valence-corrected chi connectivity index (χ0v) is 16.2. The van der Waals surface area contributed by atoms with E-state index in [1.807, 2.05) is 30.3 Å². The number of rotatable bonds is 5. The van der Waals surface area contributed by atoms with Crippen LogP contribution in [0, 0.1) is 0 Å². The van der Waals surface area contributed by atoms with Gasteiger partial charge in [0.15, 0.2) is 0 Å². The highest BCUT2D eigenvalue weighted by atomic mass is 16.3. The molecule has 3 aromatic rings. The van der Waals surface area contributed by atoms with Crippen molar-refractivity contribution in [1.82, 2.24) is 9.88 Å². The fourth-order valence-corrected chi connectivity index (χ4v) is 3.86. The van der Waals surface area contributed by atoms with Crippen molar-refractivity contribution in [2.75, 3.05) is 31.1 Å². The molecule has 2 heterocycles. The Balaban J connectivity index is 1.47. The number of carbonyl (C=O) groups is 1. The molecule has 0 spiro atoms. The van der Waals surface area contributed by atoms with Crippen molar-refractivity contribution >= 4 is 11.6 Å². The maximum atomic E-state index is 11.7. The van der Waals surface area contributed by atoms with E-state index in [2.05, 4.69) is 26.9 Å². The van der Waals surface area contributed by atoms with Crippen LogP contribution in [0.3, 0.4) is 0 Å². The Hall–Kier alpha value is -3.38. The van der Waals surface area contributed by atoms with E-state index < -0.39 is 5.91 Å². The van der Waals surface area contributed by atoms with Gasteiger partial charge in [0.1, 0.15) is 5.75 Å². The van der Waals surface area contributed by atoms with Crippen LogP contribution in [0.1, 0.15) is 15.9 Å². The lowest BCUT2D eigenvalue weighted by molar-refractivity contribution is 0.100. The molecule has 1 saturated heterocycles. The summed E-state index contributed by atoms with van der Waals surface area (Å²) in [4.78, 5) is 20.5. The molecule has 0 radical (unpaired) electrons. The van der Waals surface area contributed by atoms with E-state index in [9.17, 15) is 9.90 Å². The van der Waals surface area contributed by atoms with Crippen LogP contribution in [0.25, 0.3) is 11.1 Å². The second kappa shape index (κ2) is 8.32. The van der Waals surface area contributed by atoms with Crippen molar-refractivity contribution in [1.29, 1.82) is 0 Å². The Morgan fingerprint density at radius 3 is 2.48 bits per heavy atom. The lowest BCUT2D eigenvalue weighted by Gasteiger charge is -2.37. The Labute approximate surface area is 170 Å². The maximum absolute atomic E-state index is 11.7. The second-order valence-corrected chi connectivity index (χ2v) is 7.23. The molecule has 0 unspecified atom stereocenters. The molecule has 1 aromatic heterocycles. The molecule has 0 bridgehead atoms. The standard InChI is InChI=1S/C23H24N4O2/c24-23(29)21-7-3-4-8-22(21)27-11-9-26(10-12-27)16-17-5-1-2-6-20(17)18-13-19(28)15-25-14-18/h1-8,13-15,28H,9-12,16H2,(H2,24,29). The number of para-hydroxylation sites is 1. The Kier molecular flexibility index (Phi) is 5.44. The zero-order chi connectivity index (χ0) is 20.2. The van der Waals surface area contributed by atoms with Gasteiger partial charge in [-0.25, -0.2) is 0 Å². The van der Waals surface area contributed by atoms with E-state index in [0.29, 0.717) is 5.56 Å². The van der Waals surface area contributed by atoms with Crippen LogP contribution in [-0.2, 0) is 6.54 Å². The highest BCUT2D eigenvalue weighted by Crippen LogP contribution is 2.27.